The Balaban J connectivity index is -0.0000000731. The van der Waals surface area contributed by atoms with Crippen LogP contribution in [0.1, 0.15) is 13.8 Å². The van der Waals surface area contributed by atoms with Crippen molar-refractivity contribution in [2.45, 2.75) is 13.8 Å². The summed E-state index contributed by atoms with van der Waals surface area (Å²) in [5.74, 6) is -0.491. The number of methoxy groups -OCH3 is 4. The van der Waals surface area contributed by atoms with Gasteiger partial charge in [0.15, 0.2) is 0 Å². The third kappa shape index (κ3) is 153. The summed E-state index contributed by atoms with van der Waals surface area (Å²) in [5, 5.41) is 0. The molecule has 0 aliphatic carbocycles. The molecule has 8 heteroatoms. The number of hydrogen-bond donors (Lipinski definition) is 0. The van der Waals surface area contributed by atoms with Crippen molar-refractivity contribution >= 4 is 24.9 Å². The van der Waals surface area contributed by atoms with Crippen LogP contribution in [0.4, 0.5) is 0 Å². The molecule has 0 aliphatic rings. The van der Waals surface area contributed by atoms with Gasteiger partial charge in [-0.2, -0.15) is 0 Å². The fourth-order valence-corrected chi connectivity index (χ4v) is 0. The van der Waals surface area contributed by atoms with Crippen LogP contribution in [0, 0.1) is 0 Å². The Morgan fingerprint density at radius 1 is 0.722 bits per heavy atom. The van der Waals surface area contributed by atoms with Crippen molar-refractivity contribution in [3.8, 4) is 0 Å². The SMILES string of the molecule is COC(C)=O.COC(C)=O.COC=O.COC=O. The third-order valence-corrected chi connectivity index (χ3v) is 0.767. The average molecular weight is 268 g/mol. The maximum absolute atomic E-state index is 9.59. The molecule has 0 saturated carbocycles. The third-order valence-electron chi connectivity index (χ3n) is 0.767. The predicted molar refractivity (Wildman–Crippen MR) is 61.5 cm³/mol. The Bertz CT molecular complexity index is 180. The molecule has 0 heterocycles. The molecule has 0 aromatic rings. The lowest BCUT2D eigenvalue weighted by Gasteiger charge is -1.80. The van der Waals surface area contributed by atoms with Crippen molar-refractivity contribution in [3.63, 3.8) is 0 Å². The van der Waals surface area contributed by atoms with E-state index in [2.05, 4.69) is 18.9 Å². The van der Waals surface area contributed by atoms with E-state index in [-0.39, 0.29) is 11.9 Å². The van der Waals surface area contributed by atoms with Crippen LogP contribution in [-0.2, 0) is 38.1 Å². The van der Waals surface area contributed by atoms with E-state index in [1.807, 2.05) is 0 Å². The number of carbonyl (C=O) groups is 4. The number of ether oxygens (including phenoxy) is 4. The van der Waals surface area contributed by atoms with Crippen LogP contribution in [0.2, 0.25) is 0 Å². The lowest BCUT2D eigenvalue weighted by atomic mass is 10.8. The van der Waals surface area contributed by atoms with E-state index in [9.17, 15) is 9.59 Å². The van der Waals surface area contributed by atoms with Crippen LogP contribution in [0.3, 0.4) is 0 Å². The molecule has 0 radical (unpaired) electrons. The van der Waals surface area contributed by atoms with Crippen LogP contribution >= 0.6 is 0 Å². The van der Waals surface area contributed by atoms with Gasteiger partial charge in [0.25, 0.3) is 12.9 Å². The van der Waals surface area contributed by atoms with Crippen LogP contribution in [0.25, 0.3) is 0 Å². The normalized spacial score (nSPS) is 6.11. The zero-order chi connectivity index (χ0) is 15.4. The van der Waals surface area contributed by atoms with E-state index in [4.69, 9.17) is 9.59 Å². The number of esters is 2. The molecule has 108 valence electrons. The first-order chi connectivity index (χ1) is 8.37. The summed E-state index contributed by atoms with van der Waals surface area (Å²) in [5.41, 5.74) is 0. The van der Waals surface area contributed by atoms with Crippen molar-refractivity contribution in [3.05, 3.63) is 0 Å². The molecule has 0 aromatic heterocycles. The zero-order valence-electron chi connectivity index (χ0n) is 11.4. The average Bonchev–Trinajstić information content (AvgIpc) is 2.39. The summed E-state index contributed by atoms with van der Waals surface area (Å²) in [6, 6.07) is 0. The number of hydrogen-bond acceptors (Lipinski definition) is 8. The van der Waals surface area contributed by atoms with Gasteiger partial charge >= 0.3 is 11.9 Å². The molecule has 18 heavy (non-hydrogen) atoms. The molecular formula is C10H20O8. The highest BCUT2D eigenvalue weighted by Gasteiger charge is 1.76. The van der Waals surface area contributed by atoms with E-state index < -0.39 is 0 Å². The van der Waals surface area contributed by atoms with E-state index >= 15 is 0 Å². The second kappa shape index (κ2) is 29.4. The Morgan fingerprint density at radius 3 is 0.833 bits per heavy atom. The molecule has 8 nitrogen and oxygen atoms in total. The first-order valence-corrected chi connectivity index (χ1v) is 4.39. The van der Waals surface area contributed by atoms with Gasteiger partial charge in [-0.05, 0) is 0 Å². The van der Waals surface area contributed by atoms with E-state index in [1.54, 1.807) is 0 Å². The second-order valence-electron chi connectivity index (χ2n) is 2.06. The van der Waals surface area contributed by atoms with Gasteiger partial charge in [-0.3, -0.25) is 19.2 Å². The minimum absolute atomic E-state index is 0.245. The molecule has 0 rings (SSSR count). The summed E-state index contributed by atoms with van der Waals surface area (Å²) in [6.45, 7) is 3.47. The maximum Gasteiger partial charge on any atom is 0.302 e. The predicted octanol–water partition coefficient (Wildman–Crippen LogP) is -0.0630. The Labute approximate surface area is 106 Å². The quantitative estimate of drug-likeness (QED) is 0.389. The van der Waals surface area contributed by atoms with Gasteiger partial charge in [0.1, 0.15) is 0 Å². The maximum atomic E-state index is 9.59. The van der Waals surface area contributed by atoms with Crippen LogP contribution < -0.4 is 0 Å². The Morgan fingerprint density at radius 2 is 0.833 bits per heavy atom. The first-order valence-electron chi connectivity index (χ1n) is 4.39. The van der Waals surface area contributed by atoms with Crippen molar-refractivity contribution in [2.75, 3.05) is 28.4 Å². The topological polar surface area (TPSA) is 105 Å². The van der Waals surface area contributed by atoms with Crippen LogP contribution in [0.15, 0.2) is 0 Å². The Hall–Kier alpha value is -2.12. The number of carbonyl (C=O) groups excluding carboxylic acids is 4. The van der Waals surface area contributed by atoms with Gasteiger partial charge in [-0.15, -0.1) is 0 Å². The lowest BCUT2D eigenvalue weighted by Crippen LogP contribution is -1.88. The first kappa shape index (κ1) is 24.9. The van der Waals surface area contributed by atoms with Crippen molar-refractivity contribution < 1.29 is 38.1 Å². The zero-order valence-corrected chi connectivity index (χ0v) is 11.4. The van der Waals surface area contributed by atoms with Gasteiger partial charge in [0.2, 0.25) is 0 Å². The van der Waals surface area contributed by atoms with Crippen molar-refractivity contribution in [1.29, 1.82) is 0 Å². The molecule has 0 spiro atoms. The molecule has 0 N–H and O–H groups in total. The van der Waals surface area contributed by atoms with E-state index in [0.717, 1.165) is 0 Å². The monoisotopic (exact) mass is 268 g/mol. The Kier molecular flexibility index (Phi) is 40.6. The fraction of sp³-hybridized carbons (Fsp3) is 0.600. The van der Waals surface area contributed by atoms with Gasteiger partial charge in [0.05, 0.1) is 28.4 Å². The minimum atomic E-state index is -0.245. The highest BCUT2D eigenvalue weighted by molar-refractivity contribution is 5.65. The smallest absolute Gasteiger partial charge is 0.302 e. The highest BCUT2D eigenvalue weighted by Crippen LogP contribution is 1.60. The standard InChI is InChI=1S/2C3H6O2.2C2H4O2/c2*1-3(4)5-2;2*1-4-2-3/h2*1-2H3;2*2H,1H3. The molecule has 0 aromatic carbocycles. The van der Waals surface area contributed by atoms with Crippen LogP contribution in [0.5, 0.6) is 0 Å². The summed E-state index contributed by atoms with van der Waals surface area (Å²) in [6.07, 6.45) is 0. The largest absolute Gasteiger partial charge is 0.471 e. The number of rotatable bonds is 2. The van der Waals surface area contributed by atoms with E-state index in [0.29, 0.717) is 12.9 Å². The molecule has 0 bridgehead atoms. The van der Waals surface area contributed by atoms with Gasteiger partial charge in [0, 0.05) is 13.8 Å². The molecule has 0 unspecified atom stereocenters. The molecule has 0 amide bonds. The molecule has 0 fully saturated rings. The summed E-state index contributed by atoms with van der Waals surface area (Å²) in [7, 11) is 5.32. The van der Waals surface area contributed by atoms with Gasteiger partial charge in [-0.25, -0.2) is 0 Å². The molecular weight excluding hydrogens is 248 g/mol. The summed E-state index contributed by atoms with van der Waals surface area (Å²) < 4.78 is 15.9. The second-order valence-corrected chi connectivity index (χ2v) is 2.06. The van der Waals surface area contributed by atoms with Crippen LogP contribution in [-0.4, -0.2) is 53.3 Å². The molecule has 0 aliphatic heterocycles. The minimum Gasteiger partial charge on any atom is -0.471 e. The summed E-state index contributed by atoms with van der Waals surface area (Å²) >= 11 is 0. The van der Waals surface area contributed by atoms with Gasteiger partial charge in [-0.1, -0.05) is 0 Å². The van der Waals surface area contributed by atoms with Gasteiger partial charge < -0.3 is 18.9 Å². The van der Waals surface area contributed by atoms with E-state index in [1.165, 1.54) is 42.3 Å². The van der Waals surface area contributed by atoms with Crippen molar-refractivity contribution in [1.82, 2.24) is 0 Å². The highest BCUT2D eigenvalue weighted by atomic mass is 16.5. The fourth-order valence-electron chi connectivity index (χ4n) is 0. The molecule has 0 atom stereocenters. The molecule has 0 saturated heterocycles. The summed E-state index contributed by atoms with van der Waals surface area (Å²) in [4.78, 5) is 37.1. The van der Waals surface area contributed by atoms with Crippen molar-refractivity contribution in [2.24, 2.45) is 0 Å². The lowest BCUT2D eigenvalue weighted by molar-refractivity contribution is -0.138.